The average molecular weight is 470 g/mol. The second-order valence-corrected chi connectivity index (χ2v) is 8.31. The van der Waals surface area contributed by atoms with Gasteiger partial charge in [0.25, 0.3) is 17.7 Å². The third-order valence-electron chi connectivity index (χ3n) is 6.01. The van der Waals surface area contributed by atoms with Gasteiger partial charge in [0.1, 0.15) is 5.75 Å². The molecule has 2 heterocycles. The zero-order valence-corrected chi connectivity index (χ0v) is 18.7. The van der Waals surface area contributed by atoms with Crippen LogP contribution in [0.1, 0.15) is 54.7 Å². The molecule has 0 aromatic heterocycles. The highest BCUT2D eigenvalue weighted by Crippen LogP contribution is 2.31. The molecule has 3 amide bonds. The van der Waals surface area contributed by atoms with Crippen LogP contribution in [0.2, 0.25) is 0 Å². The summed E-state index contributed by atoms with van der Waals surface area (Å²) < 4.78 is 10.8. The summed E-state index contributed by atoms with van der Waals surface area (Å²) in [6, 6.07) is 20.4. The van der Waals surface area contributed by atoms with E-state index in [1.807, 2.05) is 24.3 Å². The number of nitrogens with one attached hydrogen (secondary N) is 1. The van der Waals surface area contributed by atoms with Crippen LogP contribution in [0.15, 0.2) is 72.8 Å². The van der Waals surface area contributed by atoms with Crippen LogP contribution in [0.5, 0.6) is 5.75 Å². The van der Waals surface area contributed by atoms with E-state index >= 15 is 0 Å². The summed E-state index contributed by atoms with van der Waals surface area (Å²) in [5.74, 6) is -1.09. The van der Waals surface area contributed by atoms with Crippen molar-refractivity contribution >= 4 is 23.7 Å². The summed E-state index contributed by atoms with van der Waals surface area (Å²) >= 11 is 0. The smallest absolute Gasteiger partial charge is 0.338 e. The van der Waals surface area contributed by atoms with Crippen LogP contribution in [0.4, 0.5) is 0 Å². The predicted octanol–water partition coefficient (Wildman–Crippen LogP) is 3.28. The van der Waals surface area contributed by atoms with Crippen molar-refractivity contribution in [3.8, 4) is 5.75 Å². The number of hydrogen-bond acceptors (Lipinski definition) is 6. The van der Waals surface area contributed by atoms with Crippen molar-refractivity contribution < 1.29 is 28.7 Å². The molecule has 0 bridgehead atoms. The molecule has 0 radical (unpaired) electrons. The molecule has 35 heavy (non-hydrogen) atoms. The molecular weight excluding hydrogens is 448 g/mol. The summed E-state index contributed by atoms with van der Waals surface area (Å²) in [6.45, 7) is 0.0831. The third kappa shape index (κ3) is 4.50. The minimum absolute atomic E-state index is 0.0249. The number of ether oxygens (including phenoxy) is 2. The van der Waals surface area contributed by atoms with Gasteiger partial charge in [-0.1, -0.05) is 42.5 Å². The van der Waals surface area contributed by atoms with Gasteiger partial charge >= 0.3 is 5.97 Å². The number of hydrogen-bond donors (Lipinski definition) is 1. The molecule has 0 spiro atoms. The first-order valence-corrected chi connectivity index (χ1v) is 11.2. The fourth-order valence-electron chi connectivity index (χ4n) is 4.30. The summed E-state index contributed by atoms with van der Waals surface area (Å²) in [7, 11) is 0. The molecule has 1 N–H and O–H groups in total. The Kier molecular flexibility index (Phi) is 6.01. The molecule has 5 rings (SSSR count). The normalized spacial score (nSPS) is 16.2. The summed E-state index contributed by atoms with van der Waals surface area (Å²) in [5, 5.41) is 2.88. The highest BCUT2D eigenvalue weighted by molar-refractivity contribution is 6.21. The molecule has 1 unspecified atom stereocenters. The Bertz CT molecular complexity index is 1300. The quantitative estimate of drug-likeness (QED) is 0.438. The van der Waals surface area contributed by atoms with Gasteiger partial charge in [-0.05, 0) is 35.9 Å². The Labute approximate surface area is 201 Å². The van der Waals surface area contributed by atoms with Crippen molar-refractivity contribution in [1.29, 1.82) is 0 Å². The van der Waals surface area contributed by atoms with Crippen LogP contribution in [-0.4, -0.2) is 41.8 Å². The molecule has 8 heteroatoms. The Hall–Kier alpha value is -4.46. The van der Waals surface area contributed by atoms with Crippen molar-refractivity contribution in [1.82, 2.24) is 10.2 Å². The fraction of sp³-hybridized carbons (Fsp3) is 0.185. The summed E-state index contributed by atoms with van der Waals surface area (Å²) in [5.41, 5.74) is 2.44. The lowest BCUT2D eigenvalue weighted by atomic mass is 10.0. The molecular formula is C27H22N2O6. The van der Waals surface area contributed by atoms with Gasteiger partial charge < -0.3 is 14.8 Å². The Morgan fingerprint density at radius 3 is 2.43 bits per heavy atom. The standard InChI is InChI=1S/C27H22N2O6/c30-24(28-22-12-13-34-23-11-4-3-10-21(22)23)16-35-27(33)18-7-5-6-17(14-18)15-29-25(31)19-8-1-2-9-20(19)26(29)32/h1-11,14,22H,12-13,15-16H2,(H,28,30). The Morgan fingerprint density at radius 1 is 0.943 bits per heavy atom. The number of amides is 3. The monoisotopic (exact) mass is 470 g/mol. The van der Waals surface area contributed by atoms with Gasteiger partial charge in [0.05, 0.1) is 35.9 Å². The first-order chi connectivity index (χ1) is 17.0. The third-order valence-corrected chi connectivity index (χ3v) is 6.01. The number of carbonyl (C=O) groups is 4. The van der Waals surface area contributed by atoms with E-state index in [1.54, 1.807) is 48.5 Å². The molecule has 2 aliphatic heterocycles. The fourth-order valence-corrected chi connectivity index (χ4v) is 4.30. The van der Waals surface area contributed by atoms with Crippen LogP contribution in [-0.2, 0) is 16.1 Å². The number of fused-ring (bicyclic) bond motifs is 2. The molecule has 0 saturated carbocycles. The number of nitrogens with zero attached hydrogens (tertiary/aromatic N) is 1. The van der Waals surface area contributed by atoms with Crippen molar-refractivity contribution in [3.05, 3.63) is 101 Å². The van der Waals surface area contributed by atoms with E-state index in [1.165, 1.54) is 0 Å². The van der Waals surface area contributed by atoms with E-state index in [2.05, 4.69) is 5.32 Å². The molecule has 176 valence electrons. The van der Waals surface area contributed by atoms with E-state index in [0.29, 0.717) is 29.7 Å². The molecule has 0 fully saturated rings. The van der Waals surface area contributed by atoms with E-state index in [4.69, 9.17) is 9.47 Å². The van der Waals surface area contributed by atoms with E-state index < -0.39 is 18.5 Å². The largest absolute Gasteiger partial charge is 0.493 e. The van der Waals surface area contributed by atoms with Crippen molar-refractivity contribution in [2.24, 2.45) is 0 Å². The second kappa shape index (κ2) is 9.42. The molecule has 3 aromatic rings. The maximum Gasteiger partial charge on any atom is 0.338 e. The Morgan fingerprint density at radius 2 is 1.66 bits per heavy atom. The lowest BCUT2D eigenvalue weighted by molar-refractivity contribution is -0.125. The maximum absolute atomic E-state index is 12.6. The number of carbonyl (C=O) groups excluding carboxylic acids is 4. The lowest BCUT2D eigenvalue weighted by Gasteiger charge is -2.26. The number of esters is 1. The number of rotatable bonds is 6. The number of imide groups is 1. The molecule has 1 atom stereocenters. The highest BCUT2D eigenvalue weighted by Gasteiger charge is 2.35. The van der Waals surface area contributed by atoms with Crippen LogP contribution < -0.4 is 10.1 Å². The summed E-state index contributed by atoms with van der Waals surface area (Å²) in [4.78, 5) is 51.4. The van der Waals surface area contributed by atoms with Crippen LogP contribution >= 0.6 is 0 Å². The lowest BCUT2D eigenvalue weighted by Crippen LogP contribution is -2.35. The van der Waals surface area contributed by atoms with Crippen LogP contribution in [0.3, 0.4) is 0 Å². The summed E-state index contributed by atoms with van der Waals surface area (Å²) in [6.07, 6.45) is 0.622. The molecule has 8 nitrogen and oxygen atoms in total. The minimum Gasteiger partial charge on any atom is -0.493 e. The molecule has 2 aliphatic rings. The van der Waals surface area contributed by atoms with Gasteiger partial charge in [-0.15, -0.1) is 0 Å². The highest BCUT2D eigenvalue weighted by atomic mass is 16.5. The topological polar surface area (TPSA) is 102 Å². The van der Waals surface area contributed by atoms with E-state index in [9.17, 15) is 19.2 Å². The SMILES string of the molecule is O=C(COC(=O)c1cccc(CN2C(=O)c3ccccc3C2=O)c1)NC1CCOc2ccccc21. The van der Waals surface area contributed by atoms with Gasteiger partial charge in [0.2, 0.25) is 0 Å². The number of para-hydroxylation sites is 1. The average Bonchev–Trinajstić information content (AvgIpc) is 3.12. The maximum atomic E-state index is 12.6. The van der Waals surface area contributed by atoms with Gasteiger partial charge in [-0.3, -0.25) is 19.3 Å². The molecule has 0 saturated heterocycles. The van der Waals surface area contributed by atoms with Crippen molar-refractivity contribution in [2.45, 2.75) is 19.0 Å². The zero-order chi connectivity index (χ0) is 24.4. The van der Waals surface area contributed by atoms with Gasteiger partial charge in [-0.25, -0.2) is 4.79 Å². The van der Waals surface area contributed by atoms with Gasteiger partial charge in [0, 0.05) is 12.0 Å². The van der Waals surface area contributed by atoms with Gasteiger partial charge in [-0.2, -0.15) is 0 Å². The van der Waals surface area contributed by atoms with Crippen molar-refractivity contribution in [3.63, 3.8) is 0 Å². The second-order valence-electron chi connectivity index (χ2n) is 8.31. The van der Waals surface area contributed by atoms with Gasteiger partial charge in [0.15, 0.2) is 6.61 Å². The zero-order valence-electron chi connectivity index (χ0n) is 18.7. The van der Waals surface area contributed by atoms with E-state index in [-0.39, 0.29) is 30.0 Å². The van der Waals surface area contributed by atoms with Crippen LogP contribution in [0, 0.1) is 0 Å². The number of benzene rings is 3. The van der Waals surface area contributed by atoms with Crippen molar-refractivity contribution in [2.75, 3.05) is 13.2 Å². The van der Waals surface area contributed by atoms with E-state index in [0.717, 1.165) is 16.2 Å². The first kappa shape index (κ1) is 22.3. The predicted molar refractivity (Wildman–Crippen MR) is 125 cm³/mol. The Balaban J connectivity index is 1.19. The van der Waals surface area contributed by atoms with Crippen LogP contribution in [0.25, 0.3) is 0 Å². The molecule has 0 aliphatic carbocycles. The first-order valence-electron chi connectivity index (χ1n) is 11.2. The minimum atomic E-state index is -0.670. The molecule has 3 aromatic carbocycles.